The molecule has 0 radical (unpaired) electrons. The highest BCUT2D eigenvalue weighted by atomic mass is 16.7. The van der Waals surface area contributed by atoms with Crippen LogP contribution < -0.4 is 4.74 Å². The third kappa shape index (κ3) is 6.53. The van der Waals surface area contributed by atoms with Crippen LogP contribution in [0.1, 0.15) is 56.5 Å². The predicted molar refractivity (Wildman–Crippen MR) is 147 cm³/mol. The molecule has 1 aromatic heterocycles. The van der Waals surface area contributed by atoms with Gasteiger partial charge in [-0.2, -0.15) is 0 Å². The smallest absolute Gasteiger partial charge is 0.410 e. The molecule has 9 heteroatoms. The second-order valence-electron chi connectivity index (χ2n) is 11.6. The third-order valence-electron chi connectivity index (χ3n) is 7.70. The molecule has 0 aliphatic carbocycles. The van der Waals surface area contributed by atoms with Gasteiger partial charge in [0, 0.05) is 62.5 Å². The fourth-order valence-corrected chi connectivity index (χ4v) is 5.35. The van der Waals surface area contributed by atoms with Gasteiger partial charge in [0.1, 0.15) is 11.4 Å². The Bertz CT molecular complexity index is 1160. The summed E-state index contributed by atoms with van der Waals surface area (Å²) >= 11 is 0. The van der Waals surface area contributed by atoms with E-state index >= 15 is 0 Å². The van der Waals surface area contributed by atoms with Gasteiger partial charge in [-0.25, -0.2) is 4.79 Å². The topological polar surface area (TPSA) is 84.4 Å². The van der Waals surface area contributed by atoms with Crippen molar-refractivity contribution < 1.29 is 23.8 Å². The van der Waals surface area contributed by atoms with Gasteiger partial charge in [0.25, 0.3) is 5.91 Å². The van der Waals surface area contributed by atoms with Crippen molar-refractivity contribution in [2.75, 3.05) is 45.8 Å². The monoisotopic (exact) mass is 536 g/mol. The number of fused-ring (bicyclic) bond motifs is 1. The molecule has 210 valence electrons. The van der Waals surface area contributed by atoms with Crippen LogP contribution in [-0.4, -0.2) is 89.4 Å². The van der Waals surface area contributed by atoms with Crippen molar-refractivity contribution >= 4 is 12.0 Å². The summed E-state index contributed by atoms with van der Waals surface area (Å²) in [7, 11) is 0. The number of aromatic nitrogens is 1. The Kier molecular flexibility index (Phi) is 8.09. The summed E-state index contributed by atoms with van der Waals surface area (Å²) in [5, 5.41) is 0. The number of amides is 2. The summed E-state index contributed by atoms with van der Waals surface area (Å²) in [6.07, 6.45) is 2.70. The maximum atomic E-state index is 12.9. The van der Waals surface area contributed by atoms with Crippen molar-refractivity contribution in [2.24, 2.45) is 5.92 Å². The summed E-state index contributed by atoms with van der Waals surface area (Å²) in [6.45, 7) is 13.9. The van der Waals surface area contributed by atoms with E-state index in [9.17, 15) is 9.59 Å². The number of hydrogen-bond acceptors (Lipinski definition) is 7. The number of nitrogens with zero attached hydrogens (tertiary/aromatic N) is 4. The van der Waals surface area contributed by atoms with Crippen molar-refractivity contribution in [3.63, 3.8) is 0 Å². The molecule has 9 nitrogen and oxygen atoms in total. The molecule has 39 heavy (non-hydrogen) atoms. The number of piperazine rings is 1. The largest absolute Gasteiger partial charge is 0.464 e. The second-order valence-corrected chi connectivity index (χ2v) is 11.6. The Morgan fingerprint density at radius 2 is 1.74 bits per heavy atom. The maximum Gasteiger partial charge on any atom is 0.410 e. The van der Waals surface area contributed by atoms with E-state index < -0.39 is 5.60 Å². The zero-order valence-electron chi connectivity index (χ0n) is 23.5. The van der Waals surface area contributed by atoms with E-state index in [0.717, 1.165) is 68.1 Å². The van der Waals surface area contributed by atoms with Gasteiger partial charge in [-0.05, 0) is 70.5 Å². The molecule has 1 aromatic carbocycles. The number of likely N-dealkylation sites (N-methyl/N-ethyl adjacent to an activating group) is 1. The van der Waals surface area contributed by atoms with Crippen LogP contribution in [0.2, 0.25) is 0 Å². The molecule has 2 amide bonds. The number of hydrogen-bond donors (Lipinski definition) is 0. The Hall–Kier alpha value is -3.17. The van der Waals surface area contributed by atoms with E-state index in [2.05, 4.69) is 16.8 Å². The zero-order valence-corrected chi connectivity index (χ0v) is 23.5. The molecule has 0 saturated carbocycles. The highest BCUT2D eigenvalue weighted by molar-refractivity contribution is 5.94. The molecule has 2 saturated heterocycles. The molecule has 1 atom stereocenters. The number of ether oxygens (including phenoxy) is 3. The predicted octanol–water partition coefficient (Wildman–Crippen LogP) is 4.41. The van der Waals surface area contributed by atoms with E-state index in [-0.39, 0.29) is 24.2 Å². The minimum absolute atomic E-state index is 0.0417. The van der Waals surface area contributed by atoms with Gasteiger partial charge < -0.3 is 28.9 Å². The Labute approximate surface area is 231 Å². The second kappa shape index (κ2) is 11.5. The van der Waals surface area contributed by atoms with Crippen molar-refractivity contribution in [3.8, 4) is 17.0 Å². The number of piperidine rings is 1. The normalized spacial score (nSPS) is 20.8. The molecule has 3 aliphatic rings. The van der Waals surface area contributed by atoms with Crippen LogP contribution in [0.5, 0.6) is 5.75 Å². The lowest BCUT2D eigenvalue weighted by Crippen LogP contribution is -2.48. The maximum absolute atomic E-state index is 12.9. The molecule has 2 aromatic rings. The Morgan fingerprint density at radius 3 is 2.38 bits per heavy atom. The van der Waals surface area contributed by atoms with Gasteiger partial charge in [-0.3, -0.25) is 9.78 Å². The molecule has 0 spiro atoms. The first-order valence-corrected chi connectivity index (χ1v) is 14.1. The van der Waals surface area contributed by atoms with Crippen LogP contribution in [0.25, 0.3) is 11.3 Å². The van der Waals surface area contributed by atoms with E-state index in [0.29, 0.717) is 25.3 Å². The van der Waals surface area contributed by atoms with Crippen LogP contribution in [0.4, 0.5) is 4.79 Å². The van der Waals surface area contributed by atoms with Crippen molar-refractivity contribution in [1.29, 1.82) is 0 Å². The first kappa shape index (κ1) is 27.4. The van der Waals surface area contributed by atoms with Gasteiger partial charge in [0.05, 0.1) is 17.9 Å². The van der Waals surface area contributed by atoms with Crippen LogP contribution in [0.15, 0.2) is 36.5 Å². The van der Waals surface area contributed by atoms with Crippen LogP contribution >= 0.6 is 0 Å². The van der Waals surface area contributed by atoms with Crippen molar-refractivity contribution in [1.82, 2.24) is 19.7 Å². The fraction of sp³-hybridized carbons (Fsp3) is 0.567. The lowest BCUT2D eigenvalue weighted by atomic mass is 9.95. The molecule has 2 fully saturated rings. The number of carbonyl (C=O) groups is 2. The molecule has 3 aliphatic heterocycles. The Balaban J connectivity index is 1.16. The molecule has 0 N–H and O–H groups in total. The number of carbonyl (C=O) groups excluding carboxylic acids is 2. The minimum atomic E-state index is -0.495. The summed E-state index contributed by atoms with van der Waals surface area (Å²) in [4.78, 5) is 35.9. The summed E-state index contributed by atoms with van der Waals surface area (Å²) in [5.74, 6) is 1.08. The van der Waals surface area contributed by atoms with Gasteiger partial charge in [0.2, 0.25) is 6.29 Å². The standard InChI is InChI=1S/C30H40N4O5/c1-5-32-14-16-33(17-15-32)27(35)23-6-8-25(31-19-23)22-7-9-26-24(18-22)20-37-28(38-26)21-10-12-34(13-11-21)29(36)39-30(2,3)4/h6-9,18-19,21,28H,5,10-17,20H2,1-4H3. The van der Waals surface area contributed by atoms with Gasteiger partial charge in [0.15, 0.2) is 0 Å². The van der Waals surface area contributed by atoms with Crippen LogP contribution in [0.3, 0.4) is 0 Å². The molecular formula is C30H40N4O5. The van der Waals surface area contributed by atoms with E-state index in [1.54, 1.807) is 11.1 Å². The Morgan fingerprint density at radius 1 is 1.00 bits per heavy atom. The first-order valence-electron chi connectivity index (χ1n) is 14.1. The lowest BCUT2D eigenvalue weighted by molar-refractivity contribution is -0.149. The zero-order chi connectivity index (χ0) is 27.6. The lowest BCUT2D eigenvalue weighted by Gasteiger charge is -2.38. The highest BCUT2D eigenvalue weighted by Gasteiger charge is 2.34. The summed E-state index contributed by atoms with van der Waals surface area (Å²) in [6, 6.07) is 9.79. The summed E-state index contributed by atoms with van der Waals surface area (Å²) in [5.41, 5.74) is 2.87. The van der Waals surface area contributed by atoms with Crippen LogP contribution in [-0.2, 0) is 16.1 Å². The SMILES string of the molecule is CCN1CCN(C(=O)c2ccc(-c3ccc4c(c3)COC(C3CCN(C(=O)OC(C)(C)C)CC3)O4)nc2)CC1. The minimum Gasteiger partial charge on any atom is -0.464 e. The number of pyridine rings is 1. The number of likely N-dealkylation sites (tertiary alicyclic amines) is 1. The van der Waals surface area contributed by atoms with Crippen molar-refractivity contribution in [3.05, 3.63) is 47.7 Å². The van der Waals surface area contributed by atoms with Gasteiger partial charge in [-0.1, -0.05) is 6.92 Å². The average Bonchev–Trinajstić information content (AvgIpc) is 2.95. The van der Waals surface area contributed by atoms with Gasteiger partial charge >= 0.3 is 6.09 Å². The number of benzene rings is 1. The summed E-state index contributed by atoms with van der Waals surface area (Å²) < 4.78 is 17.9. The number of rotatable bonds is 4. The quantitative estimate of drug-likeness (QED) is 0.572. The third-order valence-corrected chi connectivity index (χ3v) is 7.70. The first-order chi connectivity index (χ1) is 18.7. The van der Waals surface area contributed by atoms with Crippen molar-refractivity contribution in [2.45, 2.75) is 59.0 Å². The molecule has 1 unspecified atom stereocenters. The average molecular weight is 537 g/mol. The van der Waals surface area contributed by atoms with E-state index in [1.165, 1.54) is 0 Å². The molecule has 5 rings (SSSR count). The van der Waals surface area contributed by atoms with Gasteiger partial charge in [-0.15, -0.1) is 0 Å². The van der Waals surface area contributed by atoms with E-state index in [4.69, 9.17) is 14.2 Å². The van der Waals surface area contributed by atoms with Crippen LogP contribution in [0, 0.1) is 5.92 Å². The molecular weight excluding hydrogens is 496 g/mol. The van der Waals surface area contributed by atoms with E-state index in [1.807, 2.05) is 56.0 Å². The molecule has 0 bridgehead atoms. The molecule has 4 heterocycles. The highest BCUT2D eigenvalue weighted by Crippen LogP contribution is 2.35. The fourth-order valence-electron chi connectivity index (χ4n) is 5.35.